The Hall–Kier alpha value is -2.06. The Morgan fingerprint density at radius 1 is 1.50 bits per heavy atom. The van der Waals surface area contributed by atoms with E-state index >= 15 is 0 Å². The van der Waals surface area contributed by atoms with Crippen LogP contribution in [0.4, 0.5) is 4.39 Å². The van der Waals surface area contributed by atoms with Gasteiger partial charge in [0.1, 0.15) is 0 Å². The van der Waals surface area contributed by atoms with Crippen molar-refractivity contribution in [2.75, 3.05) is 6.26 Å². The molecular formula is C15H12FNO2S. The Morgan fingerprint density at radius 3 is 2.85 bits per heavy atom. The number of thioether (sulfide) groups is 1. The van der Waals surface area contributed by atoms with Crippen molar-refractivity contribution in [3.05, 3.63) is 35.8 Å². The summed E-state index contributed by atoms with van der Waals surface area (Å²) in [4.78, 5) is 15.4. The monoisotopic (exact) mass is 289 g/mol. The second-order valence-corrected chi connectivity index (χ2v) is 5.04. The number of terminal acetylenes is 1. The lowest BCUT2D eigenvalue weighted by Gasteiger charge is -2.15. The molecule has 5 heteroatoms. The number of hydrogen-bond acceptors (Lipinski definition) is 4. The van der Waals surface area contributed by atoms with Gasteiger partial charge in [-0.15, -0.1) is 18.2 Å². The van der Waals surface area contributed by atoms with Gasteiger partial charge in [0.2, 0.25) is 5.44 Å². The van der Waals surface area contributed by atoms with Crippen LogP contribution in [0.25, 0.3) is 10.9 Å². The van der Waals surface area contributed by atoms with Gasteiger partial charge in [-0.05, 0) is 25.3 Å². The second-order valence-electron chi connectivity index (χ2n) is 4.14. The standard InChI is InChI=1S/C15H12FNO2S/c1-4-10-5-11-6-14(19-15(20-3)9(2)18)12(16)7-13(11)17-8-10/h1,5-8,15H,2-3H3. The van der Waals surface area contributed by atoms with E-state index in [4.69, 9.17) is 11.2 Å². The molecule has 2 aromatic rings. The molecule has 1 aromatic carbocycles. The predicted molar refractivity (Wildman–Crippen MR) is 78.2 cm³/mol. The molecule has 0 aliphatic rings. The summed E-state index contributed by atoms with van der Waals surface area (Å²) in [6, 6.07) is 4.49. The molecule has 2 rings (SSSR count). The summed E-state index contributed by atoms with van der Waals surface area (Å²) < 4.78 is 19.3. The van der Waals surface area contributed by atoms with Gasteiger partial charge in [0.05, 0.1) is 5.52 Å². The SMILES string of the molecule is C#Cc1cnc2cc(F)c(OC(SC)C(C)=O)cc2c1. The van der Waals surface area contributed by atoms with Crippen molar-refractivity contribution in [2.45, 2.75) is 12.4 Å². The van der Waals surface area contributed by atoms with E-state index in [1.54, 1.807) is 12.3 Å². The number of pyridine rings is 1. The van der Waals surface area contributed by atoms with Crippen molar-refractivity contribution < 1.29 is 13.9 Å². The fourth-order valence-corrected chi connectivity index (χ4v) is 2.24. The summed E-state index contributed by atoms with van der Waals surface area (Å²) in [5, 5.41) is 0.667. The van der Waals surface area contributed by atoms with Crippen LogP contribution in [0.1, 0.15) is 12.5 Å². The summed E-state index contributed by atoms with van der Waals surface area (Å²) in [5.74, 6) is 1.75. The van der Waals surface area contributed by atoms with Crippen LogP contribution in [0, 0.1) is 18.2 Å². The summed E-state index contributed by atoms with van der Waals surface area (Å²) in [7, 11) is 0. The minimum atomic E-state index is -0.731. The number of hydrogen-bond donors (Lipinski definition) is 0. The van der Waals surface area contributed by atoms with E-state index in [-0.39, 0.29) is 11.5 Å². The average molecular weight is 289 g/mol. The van der Waals surface area contributed by atoms with Crippen LogP contribution in [0.2, 0.25) is 0 Å². The Morgan fingerprint density at radius 2 is 2.25 bits per heavy atom. The van der Waals surface area contributed by atoms with Gasteiger partial charge in [0.25, 0.3) is 0 Å². The van der Waals surface area contributed by atoms with Crippen LogP contribution in [-0.2, 0) is 4.79 Å². The van der Waals surface area contributed by atoms with Gasteiger partial charge in [0.15, 0.2) is 17.3 Å². The molecule has 0 amide bonds. The number of aromatic nitrogens is 1. The first-order chi connectivity index (χ1) is 9.55. The molecule has 0 fully saturated rings. The van der Waals surface area contributed by atoms with Gasteiger partial charge in [-0.3, -0.25) is 9.78 Å². The molecular weight excluding hydrogens is 277 g/mol. The largest absolute Gasteiger partial charge is 0.469 e. The van der Waals surface area contributed by atoms with E-state index in [9.17, 15) is 9.18 Å². The van der Waals surface area contributed by atoms with Gasteiger partial charge in [0, 0.05) is 23.2 Å². The first kappa shape index (κ1) is 14.4. The van der Waals surface area contributed by atoms with Gasteiger partial charge >= 0.3 is 0 Å². The molecule has 1 aromatic heterocycles. The zero-order valence-electron chi connectivity index (χ0n) is 11.0. The van der Waals surface area contributed by atoms with E-state index in [1.807, 2.05) is 0 Å². The van der Waals surface area contributed by atoms with Crippen LogP contribution >= 0.6 is 11.8 Å². The number of ether oxygens (including phenoxy) is 1. The van der Waals surface area contributed by atoms with Crippen LogP contribution in [-0.4, -0.2) is 22.5 Å². The average Bonchev–Trinajstić information content (AvgIpc) is 2.44. The molecule has 0 radical (unpaired) electrons. The smallest absolute Gasteiger partial charge is 0.202 e. The fraction of sp³-hybridized carbons (Fsp3) is 0.200. The highest BCUT2D eigenvalue weighted by molar-refractivity contribution is 7.99. The number of nitrogens with zero attached hydrogens (tertiary/aromatic N) is 1. The number of fused-ring (bicyclic) bond motifs is 1. The molecule has 0 spiro atoms. The Bertz CT molecular complexity index is 709. The van der Waals surface area contributed by atoms with E-state index in [0.29, 0.717) is 16.5 Å². The van der Waals surface area contributed by atoms with Crippen molar-refractivity contribution in [3.63, 3.8) is 0 Å². The number of rotatable bonds is 4. The molecule has 0 aliphatic heterocycles. The molecule has 1 heterocycles. The van der Waals surface area contributed by atoms with Crippen molar-refractivity contribution in [2.24, 2.45) is 0 Å². The van der Waals surface area contributed by atoms with E-state index in [2.05, 4.69) is 10.9 Å². The molecule has 0 saturated carbocycles. The summed E-state index contributed by atoms with van der Waals surface area (Å²) >= 11 is 1.21. The number of halogens is 1. The third-order valence-corrected chi connectivity index (χ3v) is 3.54. The highest BCUT2D eigenvalue weighted by atomic mass is 32.2. The maximum atomic E-state index is 13.9. The number of carbonyl (C=O) groups excluding carboxylic acids is 1. The summed E-state index contributed by atoms with van der Waals surface area (Å²) in [6.45, 7) is 1.40. The maximum absolute atomic E-state index is 13.9. The topological polar surface area (TPSA) is 39.2 Å². The lowest BCUT2D eigenvalue weighted by atomic mass is 10.1. The molecule has 0 bridgehead atoms. The Balaban J connectivity index is 2.45. The molecule has 0 N–H and O–H groups in total. The first-order valence-corrected chi connectivity index (χ1v) is 7.09. The number of ketones is 1. The molecule has 1 atom stereocenters. The van der Waals surface area contributed by atoms with Gasteiger partial charge in [-0.25, -0.2) is 4.39 Å². The van der Waals surface area contributed by atoms with Crippen LogP contribution in [0.3, 0.4) is 0 Å². The third-order valence-electron chi connectivity index (χ3n) is 2.68. The van der Waals surface area contributed by atoms with Gasteiger partial charge in [-0.1, -0.05) is 5.92 Å². The van der Waals surface area contributed by atoms with Crippen molar-refractivity contribution in [1.29, 1.82) is 0 Å². The van der Waals surface area contributed by atoms with Crippen LogP contribution < -0.4 is 4.74 Å². The molecule has 3 nitrogen and oxygen atoms in total. The van der Waals surface area contributed by atoms with Crippen molar-refractivity contribution >= 4 is 28.4 Å². The van der Waals surface area contributed by atoms with E-state index in [1.165, 1.54) is 37.0 Å². The lowest BCUT2D eigenvalue weighted by Crippen LogP contribution is -2.21. The van der Waals surface area contributed by atoms with Crippen LogP contribution in [0.15, 0.2) is 24.4 Å². The van der Waals surface area contributed by atoms with Gasteiger partial charge < -0.3 is 4.74 Å². The minimum absolute atomic E-state index is 0.0167. The molecule has 0 aliphatic carbocycles. The highest BCUT2D eigenvalue weighted by Crippen LogP contribution is 2.26. The maximum Gasteiger partial charge on any atom is 0.202 e. The normalized spacial score (nSPS) is 11.9. The van der Waals surface area contributed by atoms with E-state index < -0.39 is 11.3 Å². The number of benzene rings is 1. The molecule has 102 valence electrons. The molecule has 20 heavy (non-hydrogen) atoms. The number of Topliss-reactive ketones (excluding diaryl/α,β-unsaturated/α-hetero) is 1. The quantitative estimate of drug-likeness (QED) is 0.640. The summed E-state index contributed by atoms with van der Waals surface area (Å²) in [5.41, 5.74) is 0.353. The first-order valence-electron chi connectivity index (χ1n) is 5.81. The lowest BCUT2D eigenvalue weighted by molar-refractivity contribution is -0.120. The molecule has 0 saturated heterocycles. The molecule has 1 unspecified atom stereocenters. The fourth-order valence-electron chi connectivity index (χ4n) is 1.71. The second kappa shape index (κ2) is 5.93. The zero-order valence-corrected chi connectivity index (χ0v) is 11.8. The third kappa shape index (κ3) is 2.91. The Labute approximate surface area is 120 Å². The Kier molecular flexibility index (Phi) is 4.26. The minimum Gasteiger partial charge on any atom is -0.469 e. The van der Waals surface area contributed by atoms with Crippen molar-refractivity contribution in [3.8, 4) is 18.1 Å². The highest BCUT2D eigenvalue weighted by Gasteiger charge is 2.17. The van der Waals surface area contributed by atoms with E-state index in [0.717, 1.165) is 0 Å². The zero-order chi connectivity index (χ0) is 14.7. The van der Waals surface area contributed by atoms with Crippen LogP contribution in [0.5, 0.6) is 5.75 Å². The number of carbonyl (C=O) groups is 1. The predicted octanol–water partition coefficient (Wildman–Crippen LogP) is 3.01. The summed E-state index contributed by atoms with van der Waals surface area (Å²) in [6.07, 6.45) is 8.54. The van der Waals surface area contributed by atoms with Crippen molar-refractivity contribution in [1.82, 2.24) is 4.98 Å². The van der Waals surface area contributed by atoms with Gasteiger partial charge in [-0.2, -0.15) is 0 Å².